The highest BCUT2D eigenvalue weighted by molar-refractivity contribution is 5.32. The summed E-state index contributed by atoms with van der Waals surface area (Å²) in [4.78, 5) is 16.7. The second-order valence-electron chi connectivity index (χ2n) is 5.56. The molecule has 1 aliphatic rings. The van der Waals surface area contributed by atoms with E-state index >= 15 is 0 Å². The van der Waals surface area contributed by atoms with Crippen molar-refractivity contribution in [2.24, 2.45) is 0 Å². The molecular weight excluding hydrogens is 270 g/mol. The minimum Gasteiger partial charge on any atom is -0.395 e. The molecule has 0 radical (unpaired) electrons. The minimum atomic E-state index is 0.119. The average molecular weight is 295 g/mol. The van der Waals surface area contributed by atoms with E-state index in [2.05, 4.69) is 25.2 Å². The Bertz CT molecular complexity index is 448. The summed E-state index contributed by atoms with van der Waals surface area (Å²) in [6.07, 6.45) is 2.38. The number of nitrogens with zero attached hydrogens (tertiary/aromatic N) is 5. The molecule has 1 fully saturated rings. The van der Waals surface area contributed by atoms with Gasteiger partial charge in [0, 0.05) is 33.2 Å². The summed E-state index contributed by atoms with van der Waals surface area (Å²) in [5.74, 6) is 1.42. The Morgan fingerprint density at radius 2 is 2.14 bits per heavy atom. The van der Waals surface area contributed by atoms with Crippen LogP contribution in [0.3, 0.4) is 0 Å². The van der Waals surface area contributed by atoms with Gasteiger partial charge in [0.1, 0.15) is 5.82 Å². The Kier molecular flexibility index (Phi) is 5.66. The molecule has 1 aromatic rings. The number of aromatic nitrogens is 3. The van der Waals surface area contributed by atoms with Crippen LogP contribution in [0.5, 0.6) is 0 Å². The number of hydrogen-bond acceptors (Lipinski definition) is 8. The first-order valence-electron chi connectivity index (χ1n) is 7.33. The van der Waals surface area contributed by atoms with Crippen molar-refractivity contribution in [1.82, 2.24) is 25.2 Å². The van der Waals surface area contributed by atoms with Gasteiger partial charge in [-0.05, 0) is 19.4 Å². The van der Waals surface area contributed by atoms with Gasteiger partial charge in [-0.1, -0.05) is 0 Å². The van der Waals surface area contributed by atoms with Gasteiger partial charge in [0.05, 0.1) is 13.2 Å². The van der Waals surface area contributed by atoms with Crippen LogP contribution in [0.1, 0.15) is 18.7 Å². The van der Waals surface area contributed by atoms with Crippen molar-refractivity contribution in [1.29, 1.82) is 0 Å². The number of hydrogen-bond donors (Lipinski definition) is 3. The molecule has 0 saturated carbocycles. The van der Waals surface area contributed by atoms with Crippen molar-refractivity contribution in [3.63, 3.8) is 0 Å². The monoisotopic (exact) mass is 295 g/mol. The maximum absolute atomic E-state index is 9.24. The van der Waals surface area contributed by atoms with Gasteiger partial charge >= 0.3 is 0 Å². The normalized spacial score (nSPS) is 18.4. The van der Waals surface area contributed by atoms with Crippen LogP contribution in [0.2, 0.25) is 0 Å². The van der Waals surface area contributed by atoms with Crippen LogP contribution in [-0.2, 0) is 6.54 Å². The second kappa shape index (κ2) is 7.48. The van der Waals surface area contributed by atoms with Gasteiger partial charge in [-0.2, -0.15) is 15.0 Å². The van der Waals surface area contributed by atoms with Crippen LogP contribution >= 0.6 is 0 Å². The number of nitrogens with one attached hydrogen (secondary N) is 1. The molecule has 1 saturated heterocycles. The third-order valence-corrected chi connectivity index (χ3v) is 3.51. The van der Waals surface area contributed by atoms with Gasteiger partial charge in [-0.25, -0.2) is 0 Å². The topological polar surface area (TPSA) is 103 Å². The molecule has 1 aliphatic heterocycles. The molecule has 8 heteroatoms. The summed E-state index contributed by atoms with van der Waals surface area (Å²) in [6.45, 7) is 3.23. The molecule has 8 nitrogen and oxygen atoms in total. The first-order valence-corrected chi connectivity index (χ1v) is 7.33. The summed E-state index contributed by atoms with van der Waals surface area (Å²) in [7, 11) is 3.74. The van der Waals surface area contributed by atoms with Crippen molar-refractivity contribution in [2.75, 3.05) is 51.0 Å². The molecule has 0 aromatic carbocycles. The van der Waals surface area contributed by atoms with E-state index in [1.807, 2.05) is 14.1 Å². The van der Waals surface area contributed by atoms with Gasteiger partial charge in [-0.3, -0.25) is 4.90 Å². The lowest BCUT2D eigenvalue weighted by Gasteiger charge is -2.24. The zero-order chi connectivity index (χ0) is 15.2. The van der Waals surface area contributed by atoms with Gasteiger partial charge in [0.2, 0.25) is 11.9 Å². The SMILES string of the molecule is CN(C)c1nc(N)nc(CN(CCO)CC2CCCN2)n1. The molecule has 0 bridgehead atoms. The van der Waals surface area contributed by atoms with Gasteiger partial charge in [0.25, 0.3) is 0 Å². The quantitative estimate of drug-likeness (QED) is 0.592. The predicted molar refractivity (Wildman–Crippen MR) is 82.0 cm³/mol. The summed E-state index contributed by atoms with van der Waals surface area (Å²) in [5, 5.41) is 12.7. The van der Waals surface area contributed by atoms with Gasteiger partial charge in [0.15, 0.2) is 0 Å². The molecule has 4 N–H and O–H groups in total. The van der Waals surface area contributed by atoms with E-state index in [1.165, 1.54) is 12.8 Å². The molecule has 118 valence electrons. The number of nitrogens with two attached hydrogens (primary N) is 1. The van der Waals surface area contributed by atoms with Crippen molar-refractivity contribution < 1.29 is 5.11 Å². The van der Waals surface area contributed by atoms with Crippen LogP contribution in [0.15, 0.2) is 0 Å². The third-order valence-electron chi connectivity index (χ3n) is 3.51. The number of anilines is 2. The summed E-state index contributed by atoms with van der Waals surface area (Å²) in [6, 6.07) is 0.476. The lowest BCUT2D eigenvalue weighted by Crippen LogP contribution is -2.39. The van der Waals surface area contributed by atoms with E-state index in [-0.39, 0.29) is 12.6 Å². The van der Waals surface area contributed by atoms with Crippen LogP contribution in [0, 0.1) is 0 Å². The van der Waals surface area contributed by atoms with E-state index in [0.717, 1.165) is 13.1 Å². The molecule has 0 amide bonds. The standard InChI is InChI=1S/C13H25N7O/c1-19(2)13-17-11(16-12(14)18-13)9-20(6-7-21)8-10-4-3-5-15-10/h10,15,21H,3-9H2,1-2H3,(H2,14,16,17,18). The maximum Gasteiger partial charge on any atom is 0.229 e. The minimum absolute atomic E-state index is 0.119. The van der Waals surface area contributed by atoms with E-state index in [4.69, 9.17) is 5.73 Å². The molecule has 2 rings (SSSR count). The molecule has 2 heterocycles. The van der Waals surface area contributed by atoms with E-state index in [1.54, 1.807) is 4.90 Å². The van der Waals surface area contributed by atoms with Crippen LogP contribution in [0.25, 0.3) is 0 Å². The van der Waals surface area contributed by atoms with Crippen molar-refractivity contribution in [3.8, 4) is 0 Å². The number of aliphatic hydroxyl groups excluding tert-OH is 1. The summed E-state index contributed by atoms with van der Waals surface area (Å²) < 4.78 is 0. The van der Waals surface area contributed by atoms with E-state index in [9.17, 15) is 5.11 Å². The number of nitrogen functional groups attached to an aromatic ring is 1. The smallest absolute Gasteiger partial charge is 0.229 e. The largest absolute Gasteiger partial charge is 0.395 e. The Morgan fingerprint density at radius 1 is 1.33 bits per heavy atom. The lowest BCUT2D eigenvalue weighted by molar-refractivity contribution is 0.176. The fraction of sp³-hybridized carbons (Fsp3) is 0.769. The van der Waals surface area contributed by atoms with E-state index < -0.39 is 0 Å². The lowest BCUT2D eigenvalue weighted by atomic mass is 10.2. The fourth-order valence-electron chi connectivity index (χ4n) is 2.50. The van der Waals surface area contributed by atoms with Gasteiger partial charge in [-0.15, -0.1) is 0 Å². The Labute approximate surface area is 125 Å². The molecule has 1 aromatic heterocycles. The average Bonchev–Trinajstić information content (AvgIpc) is 2.91. The Hall–Kier alpha value is -1.51. The summed E-state index contributed by atoms with van der Waals surface area (Å²) in [5.41, 5.74) is 5.74. The highest BCUT2D eigenvalue weighted by Crippen LogP contribution is 2.11. The highest BCUT2D eigenvalue weighted by atomic mass is 16.3. The molecule has 0 spiro atoms. The maximum atomic E-state index is 9.24. The van der Waals surface area contributed by atoms with Gasteiger partial charge < -0.3 is 21.1 Å². The Balaban J connectivity index is 2.04. The first kappa shape index (κ1) is 15.9. The van der Waals surface area contributed by atoms with Crippen molar-refractivity contribution in [2.45, 2.75) is 25.4 Å². The molecule has 1 unspecified atom stereocenters. The van der Waals surface area contributed by atoms with Crippen molar-refractivity contribution in [3.05, 3.63) is 5.82 Å². The molecule has 1 atom stereocenters. The first-order chi connectivity index (χ1) is 10.1. The van der Waals surface area contributed by atoms with E-state index in [0.29, 0.717) is 30.9 Å². The highest BCUT2D eigenvalue weighted by Gasteiger charge is 2.19. The predicted octanol–water partition coefficient (Wildman–Crippen LogP) is -0.934. The molecule has 21 heavy (non-hydrogen) atoms. The third kappa shape index (κ3) is 4.76. The van der Waals surface area contributed by atoms with Crippen molar-refractivity contribution >= 4 is 11.9 Å². The summed E-state index contributed by atoms with van der Waals surface area (Å²) >= 11 is 0. The molecule has 0 aliphatic carbocycles. The Morgan fingerprint density at radius 3 is 2.76 bits per heavy atom. The molecular formula is C13H25N7O. The zero-order valence-corrected chi connectivity index (χ0v) is 12.8. The van der Waals surface area contributed by atoms with Crippen LogP contribution in [-0.4, -0.2) is 71.3 Å². The van der Waals surface area contributed by atoms with Crippen LogP contribution in [0.4, 0.5) is 11.9 Å². The fourth-order valence-corrected chi connectivity index (χ4v) is 2.50. The zero-order valence-electron chi connectivity index (χ0n) is 12.8. The number of rotatable bonds is 7. The number of aliphatic hydroxyl groups is 1. The van der Waals surface area contributed by atoms with Crippen LogP contribution < -0.4 is 16.0 Å². The second-order valence-corrected chi connectivity index (χ2v) is 5.56.